The van der Waals surface area contributed by atoms with Crippen LogP contribution in [-0.2, 0) is 36.3 Å². The Morgan fingerprint density at radius 3 is 2.31 bits per heavy atom. The second-order valence-electron chi connectivity index (χ2n) is 19.6. The number of piperazine rings is 1. The highest BCUT2D eigenvalue weighted by atomic mass is 16.5. The van der Waals surface area contributed by atoms with E-state index in [0.717, 1.165) is 148 Å². The van der Waals surface area contributed by atoms with Crippen LogP contribution in [0.2, 0.25) is 0 Å². The van der Waals surface area contributed by atoms with Crippen LogP contribution in [-0.4, -0.2) is 145 Å². The number of imidazole rings is 1. The molecule has 0 unspecified atom stereocenters. The molecule has 0 bridgehead atoms. The molecule has 4 amide bonds. The molecule has 4 aromatic heterocycles. The smallest absolute Gasteiger partial charge is 0.329 e. The van der Waals surface area contributed by atoms with Crippen molar-refractivity contribution in [3.63, 3.8) is 0 Å². The van der Waals surface area contributed by atoms with E-state index in [9.17, 15) is 14.4 Å². The highest BCUT2D eigenvalue weighted by Crippen LogP contribution is 2.34. The number of hydrogen-bond donors (Lipinski definition) is 2. The van der Waals surface area contributed by atoms with Crippen LogP contribution in [0.4, 0.5) is 10.6 Å². The van der Waals surface area contributed by atoms with E-state index in [1.807, 2.05) is 18.3 Å². The number of fused-ring (bicyclic) bond motifs is 2. The lowest BCUT2D eigenvalue weighted by molar-refractivity contribution is -0.120. The Kier molecular flexibility index (Phi) is 13.0. The van der Waals surface area contributed by atoms with Gasteiger partial charge in [0, 0.05) is 109 Å². The van der Waals surface area contributed by atoms with Gasteiger partial charge in [-0.25, -0.2) is 19.4 Å². The first kappa shape index (κ1) is 45.6. The van der Waals surface area contributed by atoms with Crippen LogP contribution >= 0.6 is 0 Å². The number of carbonyl (C=O) groups is 3. The summed E-state index contributed by atoms with van der Waals surface area (Å²) < 4.78 is 9.17. The minimum atomic E-state index is -0.473. The fraction of sp³-hybridized carbons (Fsp3) is 0.415. The molecule has 7 aromatic rings. The summed E-state index contributed by atoms with van der Waals surface area (Å²) in [6, 6.07) is 27.1. The van der Waals surface area contributed by atoms with Gasteiger partial charge in [0.05, 0.1) is 22.9 Å². The van der Waals surface area contributed by atoms with E-state index in [1.54, 1.807) is 18.0 Å². The minimum Gasteiger partial charge on any atom is -0.377 e. The number of rotatable bonds is 13. The predicted molar refractivity (Wildman–Crippen MR) is 267 cm³/mol. The highest BCUT2D eigenvalue weighted by molar-refractivity contribution is 6.05. The van der Waals surface area contributed by atoms with Gasteiger partial charge in [0.25, 0.3) is 5.91 Å². The second kappa shape index (κ2) is 19.9. The fourth-order valence-electron chi connectivity index (χ4n) is 11.0. The maximum Gasteiger partial charge on any atom is 0.329 e. The molecule has 17 heteroatoms. The zero-order valence-electron chi connectivity index (χ0n) is 40.1. The average Bonchev–Trinajstić information content (AvgIpc) is 4.12. The number of hydrogen-bond acceptors (Lipinski definition) is 11. The van der Waals surface area contributed by atoms with Gasteiger partial charge >= 0.3 is 6.03 Å². The molecule has 4 aliphatic heterocycles. The molecule has 0 atom stereocenters. The lowest BCUT2D eigenvalue weighted by Gasteiger charge is -2.39. The number of nitrogens with zero attached hydrogens (tertiary/aromatic N) is 11. The molecule has 11 rings (SSSR count). The van der Waals surface area contributed by atoms with Crippen molar-refractivity contribution >= 4 is 45.7 Å². The van der Waals surface area contributed by atoms with Gasteiger partial charge in [0.1, 0.15) is 18.1 Å². The number of piperidine rings is 2. The number of likely N-dealkylation sites (tertiary alicyclic amines) is 2. The average molecular weight is 944 g/mol. The first-order valence-electron chi connectivity index (χ1n) is 24.8. The van der Waals surface area contributed by atoms with Crippen LogP contribution in [0.25, 0.3) is 38.9 Å². The Bertz CT molecular complexity index is 2990. The number of H-pyrrole nitrogens is 1. The number of nitrogens with one attached hydrogen (secondary N) is 2. The topological polar surface area (TPSA) is 166 Å². The van der Waals surface area contributed by atoms with Gasteiger partial charge in [-0.15, -0.1) is 5.10 Å². The first-order chi connectivity index (χ1) is 34.2. The number of amides is 4. The van der Waals surface area contributed by atoms with Crippen molar-refractivity contribution in [1.82, 2.24) is 59.4 Å². The normalized spacial score (nSPS) is 18.4. The fourth-order valence-corrected chi connectivity index (χ4v) is 11.0. The number of carbonyl (C=O) groups excluding carboxylic acids is 3. The summed E-state index contributed by atoms with van der Waals surface area (Å²) >= 11 is 0. The van der Waals surface area contributed by atoms with Crippen LogP contribution in [0.15, 0.2) is 91.3 Å². The number of benzene rings is 3. The summed E-state index contributed by atoms with van der Waals surface area (Å²) in [7, 11) is 3.81. The Morgan fingerprint density at radius 1 is 0.800 bits per heavy atom. The number of pyridine rings is 1. The summed E-state index contributed by atoms with van der Waals surface area (Å²) in [6.45, 7) is 11.4. The molecule has 4 saturated heterocycles. The van der Waals surface area contributed by atoms with E-state index >= 15 is 0 Å². The summed E-state index contributed by atoms with van der Waals surface area (Å²) in [5, 5.41) is 11.8. The molecule has 4 fully saturated rings. The Labute approximate surface area is 407 Å². The van der Waals surface area contributed by atoms with Crippen molar-refractivity contribution in [1.29, 1.82) is 0 Å². The van der Waals surface area contributed by atoms with Gasteiger partial charge in [0.2, 0.25) is 5.91 Å². The van der Waals surface area contributed by atoms with Crippen molar-refractivity contribution in [3.8, 4) is 16.8 Å². The van der Waals surface area contributed by atoms with Gasteiger partial charge in [-0.2, -0.15) is 0 Å². The number of anilines is 1. The maximum atomic E-state index is 13.7. The summed E-state index contributed by atoms with van der Waals surface area (Å²) in [5.74, 6) is 2.21. The summed E-state index contributed by atoms with van der Waals surface area (Å²) in [4.78, 5) is 61.4. The third-order valence-electron chi connectivity index (χ3n) is 15.1. The van der Waals surface area contributed by atoms with Gasteiger partial charge in [-0.1, -0.05) is 35.5 Å². The number of urea groups is 1. The van der Waals surface area contributed by atoms with E-state index in [4.69, 9.17) is 9.72 Å². The molecule has 3 aromatic carbocycles. The van der Waals surface area contributed by atoms with Crippen LogP contribution in [0.1, 0.15) is 71.0 Å². The minimum absolute atomic E-state index is 0.156. The van der Waals surface area contributed by atoms with E-state index in [2.05, 4.69) is 124 Å². The molecule has 0 spiro atoms. The van der Waals surface area contributed by atoms with Crippen LogP contribution in [0.3, 0.4) is 0 Å². The molecule has 0 aliphatic carbocycles. The number of aromatic amines is 1. The third-order valence-corrected chi connectivity index (χ3v) is 15.1. The Hall–Kier alpha value is -6.79. The standard InChI is InChI=1S/C53H61N13O4/c1-60-43(30-45-44(13-19-54-51(45)60)41-9-12-46-47(29-41)56-48(55-46)35-70-2)33-61-20-16-39(17-21-61)38-5-7-40(8-6-38)52(68)64-22-14-37(15-23-64)32-63-27-25-62(26-28-63)31-36-3-10-42(11-4-36)66-34-49(58-59-66)65-24-18-50(67)57-53(65)69/h3-13,19,29-30,34,37,39H,14-18,20-28,31-33,35H2,1-2H3,(H,55,56)(H,57,67,69). The number of imide groups is 1. The molecule has 0 radical (unpaired) electrons. The molecule has 4 aliphatic rings. The molecule has 70 heavy (non-hydrogen) atoms. The van der Waals surface area contributed by atoms with Crippen molar-refractivity contribution in [2.24, 2.45) is 13.0 Å². The van der Waals surface area contributed by atoms with Crippen LogP contribution < -0.4 is 10.2 Å². The molecular formula is C53H61N13O4. The third kappa shape index (κ3) is 9.71. The van der Waals surface area contributed by atoms with E-state index in [0.29, 0.717) is 24.3 Å². The van der Waals surface area contributed by atoms with Crippen LogP contribution in [0, 0.1) is 5.92 Å². The monoisotopic (exact) mass is 943 g/mol. The Balaban J connectivity index is 0.607. The van der Waals surface area contributed by atoms with Crippen molar-refractivity contribution in [2.45, 2.75) is 57.7 Å². The quantitative estimate of drug-likeness (QED) is 0.133. The second-order valence-corrected chi connectivity index (χ2v) is 19.6. The maximum absolute atomic E-state index is 13.7. The Morgan fingerprint density at radius 2 is 1.56 bits per heavy atom. The van der Waals surface area contributed by atoms with Gasteiger partial charge in [0.15, 0.2) is 5.82 Å². The molecule has 17 nitrogen and oxygen atoms in total. The van der Waals surface area contributed by atoms with E-state index < -0.39 is 6.03 Å². The van der Waals surface area contributed by atoms with Crippen LogP contribution in [0.5, 0.6) is 0 Å². The summed E-state index contributed by atoms with van der Waals surface area (Å²) in [5.41, 5.74) is 10.7. The van der Waals surface area contributed by atoms with Gasteiger partial charge in [-0.05, 0) is 121 Å². The van der Waals surface area contributed by atoms with Gasteiger partial charge in [-0.3, -0.25) is 29.6 Å². The first-order valence-corrected chi connectivity index (χ1v) is 24.8. The molecule has 362 valence electrons. The van der Waals surface area contributed by atoms with Crippen molar-refractivity contribution < 1.29 is 19.1 Å². The zero-order chi connectivity index (χ0) is 47.7. The van der Waals surface area contributed by atoms with E-state index in [-0.39, 0.29) is 24.8 Å². The summed E-state index contributed by atoms with van der Waals surface area (Å²) in [6.07, 6.45) is 8.13. The number of aromatic nitrogens is 7. The largest absolute Gasteiger partial charge is 0.377 e. The molecule has 0 saturated carbocycles. The molecule has 8 heterocycles. The lowest BCUT2D eigenvalue weighted by atomic mass is 9.88. The number of ether oxygens (including phenoxy) is 1. The molecular weight excluding hydrogens is 883 g/mol. The number of aryl methyl sites for hydroxylation is 1. The van der Waals surface area contributed by atoms with Crippen molar-refractivity contribution in [2.75, 3.05) is 77.5 Å². The lowest BCUT2D eigenvalue weighted by Crippen LogP contribution is -2.49. The van der Waals surface area contributed by atoms with E-state index in [1.165, 1.54) is 21.7 Å². The SMILES string of the molecule is COCc1nc2ccc(-c3ccnc4c3cc(CN3CCC(c5ccc(C(=O)N6CCC(CN7CCN(Cc8ccc(-n9cc(N%10CCC(=O)NC%10=O)nn9)cc8)CC7)CC6)cc5)CC3)n4C)cc2[nH]1. The van der Waals surface area contributed by atoms with Crippen molar-refractivity contribution in [3.05, 3.63) is 119 Å². The predicted octanol–water partition coefficient (Wildman–Crippen LogP) is 6.34. The number of methoxy groups -OCH3 is 1. The zero-order valence-corrected chi connectivity index (χ0v) is 40.1. The highest BCUT2D eigenvalue weighted by Gasteiger charge is 2.29. The molecule has 2 N–H and O–H groups in total. The van der Waals surface area contributed by atoms with Gasteiger partial charge < -0.3 is 24.1 Å².